The molecule has 0 saturated heterocycles. The van der Waals surface area contributed by atoms with Crippen molar-refractivity contribution in [3.63, 3.8) is 0 Å². The van der Waals surface area contributed by atoms with Crippen molar-refractivity contribution in [1.29, 1.82) is 0 Å². The Morgan fingerprint density at radius 3 is 2.54 bits per heavy atom. The number of hydrogen-bond acceptors (Lipinski definition) is 4. The zero-order valence-corrected chi connectivity index (χ0v) is 14.0. The summed E-state index contributed by atoms with van der Waals surface area (Å²) >= 11 is 0. The number of nitrogens with zero attached hydrogens (tertiary/aromatic N) is 3. The highest BCUT2D eigenvalue weighted by molar-refractivity contribution is 5.84. The van der Waals surface area contributed by atoms with Crippen LogP contribution in [0.25, 0.3) is 0 Å². The lowest BCUT2D eigenvalue weighted by Crippen LogP contribution is -2.34. The van der Waals surface area contributed by atoms with Crippen LogP contribution in [0.2, 0.25) is 0 Å². The van der Waals surface area contributed by atoms with E-state index in [9.17, 15) is 22.8 Å². The standard InChI is InChI=1S/C16H17F3N4O3/c1-9(2)14(10-4-3-5-11(6-10)16(17,18)19)20-13(24)8-23-7-12(15(25)26)21-22-23/h3-7,9,14H,8H2,1-2H3,(H,20,24)(H,25,26). The Balaban J connectivity index is 2.15. The third-order valence-corrected chi connectivity index (χ3v) is 3.62. The third-order valence-electron chi connectivity index (χ3n) is 3.62. The summed E-state index contributed by atoms with van der Waals surface area (Å²) in [5.41, 5.74) is -0.777. The molecule has 1 aromatic heterocycles. The number of halogens is 3. The molecule has 0 aliphatic heterocycles. The van der Waals surface area contributed by atoms with Gasteiger partial charge in [0, 0.05) is 0 Å². The number of carboxylic acids is 1. The first kappa shape index (κ1) is 19.4. The molecule has 1 atom stereocenters. The maximum atomic E-state index is 12.9. The first-order valence-electron chi connectivity index (χ1n) is 7.68. The van der Waals surface area contributed by atoms with Crippen LogP contribution in [-0.2, 0) is 17.5 Å². The molecule has 0 fully saturated rings. The number of nitrogens with one attached hydrogen (secondary N) is 1. The van der Waals surface area contributed by atoms with Gasteiger partial charge in [0.05, 0.1) is 17.8 Å². The molecule has 1 amide bonds. The van der Waals surface area contributed by atoms with Crippen LogP contribution < -0.4 is 5.32 Å². The quantitative estimate of drug-likeness (QED) is 0.814. The number of amides is 1. The average Bonchev–Trinajstić information content (AvgIpc) is 3.00. The van der Waals surface area contributed by atoms with Crippen LogP contribution >= 0.6 is 0 Å². The fourth-order valence-corrected chi connectivity index (χ4v) is 2.38. The van der Waals surface area contributed by atoms with Crippen LogP contribution in [0.15, 0.2) is 30.5 Å². The number of rotatable bonds is 6. The number of hydrogen-bond donors (Lipinski definition) is 2. The Morgan fingerprint density at radius 2 is 2.00 bits per heavy atom. The van der Waals surface area contributed by atoms with E-state index in [2.05, 4.69) is 15.6 Å². The van der Waals surface area contributed by atoms with Gasteiger partial charge >= 0.3 is 12.1 Å². The van der Waals surface area contributed by atoms with Crippen LogP contribution in [0.5, 0.6) is 0 Å². The molecule has 1 unspecified atom stereocenters. The number of benzene rings is 1. The summed E-state index contributed by atoms with van der Waals surface area (Å²) in [7, 11) is 0. The fraction of sp³-hybridized carbons (Fsp3) is 0.375. The van der Waals surface area contributed by atoms with Crippen molar-refractivity contribution in [2.75, 3.05) is 0 Å². The SMILES string of the molecule is CC(C)C(NC(=O)Cn1cc(C(=O)O)nn1)c1cccc(C(F)(F)F)c1. The first-order chi connectivity index (χ1) is 12.1. The molecule has 0 aliphatic rings. The van der Waals surface area contributed by atoms with E-state index in [1.165, 1.54) is 12.1 Å². The Labute approximate surface area is 146 Å². The van der Waals surface area contributed by atoms with E-state index in [-0.39, 0.29) is 18.2 Å². The highest BCUT2D eigenvalue weighted by Gasteiger charge is 2.31. The normalized spacial score (nSPS) is 12.8. The predicted molar refractivity (Wildman–Crippen MR) is 84.1 cm³/mol. The highest BCUT2D eigenvalue weighted by Crippen LogP contribution is 2.32. The minimum Gasteiger partial charge on any atom is -0.476 e. The second kappa shape index (κ2) is 7.54. The second-order valence-electron chi connectivity index (χ2n) is 6.02. The number of aromatic carboxylic acids is 1. The smallest absolute Gasteiger partial charge is 0.416 e. The minimum atomic E-state index is -4.48. The maximum absolute atomic E-state index is 12.9. The topological polar surface area (TPSA) is 97.1 Å². The maximum Gasteiger partial charge on any atom is 0.416 e. The van der Waals surface area contributed by atoms with Crippen molar-refractivity contribution in [1.82, 2.24) is 20.3 Å². The van der Waals surface area contributed by atoms with Crippen LogP contribution in [0.4, 0.5) is 13.2 Å². The molecule has 10 heteroatoms. The molecule has 26 heavy (non-hydrogen) atoms. The number of aromatic nitrogens is 3. The lowest BCUT2D eigenvalue weighted by Gasteiger charge is -2.23. The van der Waals surface area contributed by atoms with Gasteiger partial charge in [-0.1, -0.05) is 31.2 Å². The zero-order valence-electron chi connectivity index (χ0n) is 14.0. The van der Waals surface area contributed by atoms with Gasteiger partial charge in [0.15, 0.2) is 5.69 Å². The lowest BCUT2D eigenvalue weighted by molar-refractivity contribution is -0.137. The average molecular weight is 370 g/mol. The Morgan fingerprint density at radius 1 is 1.31 bits per heavy atom. The predicted octanol–water partition coefficient (Wildman–Crippen LogP) is 2.51. The van der Waals surface area contributed by atoms with Gasteiger partial charge in [-0.2, -0.15) is 13.2 Å². The van der Waals surface area contributed by atoms with Gasteiger partial charge in [0.1, 0.15) is 6.54 Å². The Kier molecular flexibility index (Phi) is 5.63. The minimum absolute atomic E-state index is 0.173. The summed E-state index contributed by atoms with van der Waals surface area (Å²) < 4.78 is 39.7. The number of carbonyl (C=O) groups is 2. The van der Waals surface area contributed by atoms with E-state index in [4.69, 9.17) is 5.11 Å². The van der Waals surface area contributed by atoms with Crippen LogP contribution in [0, 0.1) is 5.92 Å². The summed E-state index contributed by atoms with van der Waals surface area (Å²) in [6, 6.07) is 4.12. The number of alkyl halides is 3. The Hall–Kier alpha value is -2.91. The molecular weight excluding hydrogens is 353 g/mol. The van der Waals surface area contributed by atoms with Crippen LogP contribution in [0.3, 0.4) is 0 Å². The van der Waals surface area contributed by atoms with Gasteiger partial charge in [-0.25, -0.2) is 9.48 Å². The molecule has 1 heterocycles. The van der Waals surface area contributed by atoms with Crippen LogP contribution in [-0.4, -0.2) is 32.0 Å². The van der Waals surface area contributed by atoms with Crippen molar-refractivity contribution in [2.24, 2.45) is 5.92 Å². The van der Waals surface area contributed by atoms with Gasteiger partial charge in [0.25, 0.3) is 0 Å². The molecule has 2 aromatic rings. The molecule has 0 aliphatic carbocycles. The highest BCUT2D eigenvalue weighted by atomic mass is 19.4. The number of carboxylic acid groups (broad SMARTS) is 1. The van der Waals surface area contributed by atoms with Gasteiger partial charge < -0.3 is 10.4 Å². The summed E-state index contributed by atoms with van der Waals surface area (Å²) in [5, 5.41) is 18.4. The third kappa shape index (κ3) is 4.80. The molecule has 0 radical (unpaired) electrons. The second-order valence-corrected chi connectivity index (χ2v) is 6.02. The Bertz CT molecular complexity index is 802. The van der Waals surface area contributed by atoms with Crippen molar-refractivity contribution >= 4 is 11.9 Å². The molecule has 0 bridgehead atoms. The van der Waals surface area contributed by atoms with Gasteiger partial charge in [-0.05, 0) is 23.6 Å². The van der Waals surface area contributed by atoms with Crippen molar-refractivity contribution in [3.05, 3.63) is 47.3 Å². The molecule has 0 spiro atoms. The van der Waals surface area contributed by atoms with E-state index in [0.717, 1.165) is 23.0 Å². The molecule has 140 valence electrons. The van der Waals surface area contributed by atoms with Crippen molar-refractivity contribution in [2.45, 2.75) is 32.6 Å². The molecule has 7 nitrogen and oxygen atoms in total. The van der Waals surface area contributed by atoms with Crippen molar-refractivity contribution < 1.29 is 27.9 Å². The molecular formula is C16H17F3N4O3. The summed E-state index contributed by atoms with van der Waals surface area (Å²) in [5.74, 6) is -1.98. The van der Waals surface area contributed by atoms with E-state index in [1.807, 2.05) is 0 Å². The monoisotopic (exact) mass is 370 g/mol. The summed E-state index contributed by atoms with van der Waals surface area (Å²) in [6.45, 7) is 3.23. The fourth-order valence-electron chi connectivity index (χ4n) is 2.38. The molecule has 2 rings (SSSR count). The van der Waals surface area contributed by atoms with E-state index in [1.54, 1.807) is 13.8 Å². The molecule has 2 N–H and O–H groups in total. The lowest BCUT2D eigenvalue weighted by atomic mass is 9.94. The number of carbonyl (C=O) groups excluding carboxylic acids is 1. The van der Waals surface area contributed by atoms with E-state index < -0.39 is 29.7 Å². The van der Waals surface area contributed by atoms with Crippen molar-refractivity contribution in [3.8, 4) is 0 Å². The van der Waals surface area contributed by atoms with Gasteiger partial charge in [-0.15, -0.1) is 5.10 Å². The largest absolute Gasteiger partial charge is 0.476 e. The first-order valence-corrected chi connectivity index (χ1v) is 7.68. The van der Waals surface area contributed by atoms with Gasteiger partial charge in [0.2, 0.25) is 5.91 Å². The summed E-state index contributed by atoms with van der Waals surface area (Å²) in [4.78, 5) is 22.9. The molecule has 0 saturated carbocycles. The van der Waals surface area contributed by atoms with Crippen LogP contribution in [0.1, 0.15) is 41.5 Å². The molecule has 1 aromatic carbocycles. The van der Waals surface area contributed by atoms with E-state index in [0.29, 0.717) is 5.56 Å². The van der Waals surface area contributed by atoms with Gasteiger partial charge in [-0.3, -0.25) is 4.79 Å². The van der Waals surface area contributed by atoms with E-state index >= 15 is 0 Å². The summed E-state index contributed by atoms with van der Waals surface area (Å²) in [6.07, 6.45) is -3.38. The zero-order chi connectivity index (χ0) is 19.5.